The molecule has 0 aromatic heterocycles. The molecule has 6 heteroatoms. The fourth-order valence-electron chi connectivity index (χ4n) is 6.76. The summed E-state index contributed by atoms with van der Waals surface area (Å²) in [5.74, 6) is 1.06. The van der Waals surface area contributed by atoms with E-state index >= 15 is 0 Å². The number of nitrogens with one attached hydrogen (secondary N) is 2. The average molecular weight is 435 g/mol. The first-order valence-corrected chi connectivity index (χ1v) is 11.5. The lowest BCUT2D eigenvalue weighted by Gasteiger charge is -2.60. The van der Waals surface area contributed by atoms with Crippen LogP contribution >= 0.6 is 0 Å². The number of hydrogen-bond donors (Lipinski definition) is 3. The maximum atomic E-state index is 12.6. The summed E-state index contributed by atoms with van der Waals surface area (Å²) in [6, 6.07) is 17.4. The number of para-hydroxylation sites is 1. The van der Waals surface area contributed by atoms with Crippen molar-refractivity contribution in [2.75, 3.05) is 6.61 Å². The number of benzene rings is 2. The van der Waals surface area contributed by atoms with Crippen molar-refractivity contribution < 1.29 is 19.4 Å². The third-order valence-corrected chi connectivity index (χ3v) is 7.36. The van der Waals surface area contributed by atoms with Crippen LogP contribution in [0, 0.1) is 17.3 Å². The van der Waals surface area contributed by atoms with Crippen LogP contribution in [-0.2, 0) is 9.59 Å². The number of carbonyl (C=O) groups excluding carboxylic acids is 2. The molecular formula is C26H30N2O4. The van der Waals surface area contributed by atoms with Gasteiger partial charge in [0.25, 0.3) is 5.91 Å². The number of rotatable bonds is 6. The maximum Gasteiger partial charge on any atom is 0.276 e. The Morgan fingerprint density at radius 2 is 1.56 bits per heavy atom. The van der Waals surface area contributed by atoms with Crippen LogP contribution in [0.25, 0.3) is 11.1 Å². The number of amides is 2. The van der Waals surface area contributed by atoms with Gasteiger partial charge in [0.2, 0.25) is 5.91 Å². The molecule has 4 fully saturated rings. The van der Waals surface area contributed by atoms with Crippen molar-refractivity contribution in [1.29, 1.82) is 0 Å². The van der Waals surface area contributed by atoms with Gasteiger partial charge in [-0.2, -0.15) is 0 Å². The van der Waals surface area contributed by atoms with E-state index in [-0.39, 0.29) is 17.9 Å². The molecule has 4 bridgehead atoms. The number of hydrogen-bond acceptors (Lipinski definition) is 4. The standard InChI is InChI=1S/C26H30N2O4/c29-23(15-25-11-18-10-19(12-25)14-26(31,13-18)17-25)27-28-24(30)16-32-22-9-5-4-8-21(22)20-6-2-1-3-7-20/h1-9,18-19,31H,10-17H2,(H,27,29)(H,28,30). The molecule has 3 N–H and O–H groups in total. The minimum absolute atomic E-state index is 0.126. The smallest absolute Gasteiger partial charge is 0.276 e. The summed E-state index contributed by atoms with van der Waals surface area (Å²) >= 11 is 0. The SMILES string of the molecule is O=C(COc1ccccc1-c1ccccc1)NNC(=O)CC12CC3CC(CC(O)(C3)C1)C2. The number of aliphatic hydroxyl groups is 1. The van der Waals surface area contributed by atoms with E-state index in [0.717, 1.165) is 36.8 Å². The van der Waals surface area contributed by atoms with Crippen LogP contribution in [0.2, 0.25) is 0 Å². The topological polar surface area (TPSA) is 87.7 Å². The van der Waals surface area contributed by atoms with Crippen molar-refractivity contribution in [3.63, 3.8) is 0 Å². The summed E-state index contributed by atoms with van der Waals surface area (Å²) in [4.78, 5) is 24.9. The third kappa shape index (κ3) is 4.37. The summed E-state index contributed by atoms with van der Waals surface area (Å²) in [5, 5.41) is 10.9. The molecule has 2 aromatic carbocycles. The largest absolute Gasteiger partial charge is 0.483 e. The molecule has 2 amide bonds. The molecule has 32 heavy (non-hydrogen) atoms. The fourth-order valence-corrected chi connectivity index (χ4v) is 6.76. The molecule has 0 spiro atoms. The van der Waals surface area contributed by atoms with Crippen molar-refractivity contribution in [2.45, 2.75) is 50.5 Å². The second-order valence-electron chi connectivity index (χ2n) is 10.1. The molecule has 2 atom stereocenters. The van der Waals surface area contributed by atoms with Gasteiger partial charge in [0, 0.05) is 12.0 Å². The molecule has 2 unspecified atom stereocenters. The van der Waals surface area contributed by atoms with Crippen LogP contribution in [0.3, 0.4) is 0 Å². The first-order chi connectivity index (χ1) is 15.4. The minimum atomic E-state index is -0.590. The van der Waals surface area contributed by atoms with Gasteiger partial charge in [0.15, 0.2) is 6.61 Å². The van der Waals surface area contributed by atoms with Gasteiger partial charge in [-0.05, 0) is 67.4 Å². The predicted molar refractivity (Wildman–Crippen MR) is 120 cm³/mol. The molecule has 0 saturated heterocycles. The van der Waals surface area contributed by atoms with Gasteiger partial charge in [0.1, 0.15) is 5.75 Å². The third-order valence-electron chi connectivity index (χ3n) is 7.36. The Hall–Kier alpha value is -2.86. The molecule has 6 nitrogen and oxygen atoms in total. The zero-order chi connectivity index (χ0) is 22.2. The minimum Gasteiger partial charge on any atom is -0.483 e. The fraction of sp³-hybridized carbons (Fsp3) is 0.462. The number of hydrazine groups is 1. The molecular weight excluding hydrogens is 404 g/mol. The van der Waals surface area contributed by atoms with Crippen LogP contribution in [0.1, 0.15) is 44.9 Å². The van der Waals surface area contributed by atoms with Crippen molar-refractivity contribution >= 4 is 11.8 Å². The highest BCUT2D eigenvalue weighted by Gasteiger charge is 2.57. The Balaban J connectivity index is 1.13. The normalized spacial score (nSPS) is 30.0. The lowest BCUT2D eigenvalue weighted by Crippen LogP contribution is -2.57. The summed E-state index contributed by atoms with van der Waals surface area (Å²) in [6.45, 7) is -0.195. The molecule has 0 radical (unpaired) electrons. The van der Waals surface area contributed by atoms with E-state index in [1.807, 2.05) is 54.6 Å². The monoisotopic (exact) mass is 434 g/mol. The second kappa shape index (κ2) is 8.24. The van der Waals surface area contributed by atoms with E-state index in [2.05, 4.69) is 10.9 Å². The molecule has 4 aliphatic rings. The Morgan fingerprint density at radius 1 is 0.906 bits per heavy atom. The van der Waals surface area contributed by atoms with Crippen LogP contribution in [0.15, 0.2) is 54.6 Å². The zero-order valence-corrected chi connectivity index (χ0v) is 18.2. The highest BCUT2D eigenvalue weighted by atomic mass is 16.5. The molecule has 0 aliphatic heterocycles. The van der Waals surface area contributed by atoms with Crippen molar-refractivity contribution in [2.24, 2.45) is 17.3 Å². The summed E-state index contributed by atoms with van der Waals surface area (Å²) in [6.07, 6.45) is 6.01. The van der Waals surface area contributed by atoms with E-state index in [4.69, 9.17) is 4.74 Å². The molecule has 6 rings (SSSR count). The zero-order valence-electron chi connectivity index (χ0n) is 18.2. The Kier molecular flexibility index (Phi) is 5.41. The lowest BCUT2D eigenvalue weighted by atomic mass is 9.47. The lowest BCUT2D eigenvalue weighted by molar-refractivity contribution is -0.169. The number of carbonyl (C=O) groups is 2. The van der Waals surface area contributed by atoms with E-state index in [1.54, 1.807) is 0 Å². The van der Waals surface area contributed by atoms with Gasteiger partial charge >= 0.3 is 0 Å². The molecule has 2 aromatic rings. The van der Waals surface area contributed by atoms with Crippen LogP contribution in [0.4, 0.5) is 0 Å². The Morgan fingerprint density at radius 3 is 2.28 bits per heavy atom. The van der Waals surface area contributed by atoms with Crippen LogP contribution in [0.5, 0.6) is 5.75 Å². The molecule has 168 valence electrons. The van der Waals surface area contributed by atoms with Crippen molar-refractivity contribution in [3.8, 4) is 16.9 Å². The second-order valence-corrected chi connectivity index (χ2v) is 10.1. The Labute approximate surface area is 188 Å². The Bertz CT molecular complexity index is 992. The van der Waals surface area contributed by atoms with E-state index < -0.39 is 11.5 Å². The highest BCUT2D eigenvalue weighted by molar-refractivity contribution is 5.83. The summed E-state index contributed by atoms with van der Waals surface area (Å²) in [7, 11) is 0. The van der Waals surface area contributed by atoms with Gasteiger partial charge in [0.05, 0.1) is 5.60 Å². The van der Waals surface area contributed by atoms with E-state index in [9.17, 15) is 14.7 Å². The van der Waals surface area contributed by atoms with Gasteiger partial charge < -0.3 is 9.84 Å². The first kappa shape index (κ1) is 21.0. The molecule has 4 aliphatic carbocycles. The number of ether oxygens (including phenoxy) is 1. The quantitative estimate of drug-likeness (QED) is 0.606. The summed E-state index contributed by atoms with van der Waals surface area (Å²) < 4.78 is 5.74. The average Bonchev–Trinajstić information content (AvgIpc) is 2.75. The van der Waals surface area contributed by atoms with E-state index in [1.165, 1.54) is 6.42 Å². The summed E-state index contributed by atoms with van der Waals surface area (Å²) in [5.41, 5.74) is 6.23. The van der Waals surface area contributed by atoms with Crippen LogP contribution in [-0.4, -0.2) is 29.1 Å². The van der Waals surface area contributed by atoms with Gasteiger partial charge in [-0.3, -0.25) is 20.4 Å². The van der Waals surface area contributed by atoms with Gasteiger partial charge in [-0.15, -0.1) is 0 Å². The van der Waals surface area contributed by atoms with Crippen molar-refractivity contribution in [1.82, 2.24) is 10.9 Å². The molecule has 4 saturated carbocycles. The predicted octanol–water partition coefficient (Wildman–Crippen LogP) is 3.60. The highest BCUT2D eigenvalue weighted by Crippen LogP contribution is 2.62. The maximum absolute atomic E-state index is 12.6. The van der Waals surface area contributed by atoms with Crippen molar-refractivity contribution in [3.05, 3.63) is 54.6 Å². The van der Waals surface area contributed by atoms with E-state index in [0.29, 0.717) is 30.4 Å². The van der Waals surface area contributed by atoms with Gasteiger partial charge in [-0.1, -0.05) is 48.5 Å². The molecule has 0 heterocycles. The first-order valence-electron chi connectivity index (χ1n) is 11.5. The van der Waals surface area contributed by atoms with Gasteiger partial charge in [-0.25, -0.2) is 0 Å². The van der Waals surface area contributed by atoms with Crippen LogP contribution < -0.4 is 15.6 Å².